The minimum atomic E-state index is 0.0273. The average molecular weight is 317 g/mol. The lowest BCUT2D eigenvalue weighted by molar-refractivity contribution is -0.138. The number of rotatable bonds is 6. The topological polar surface area (TPSA) is 62.3 Å². The summed E-state index contributed by atoms with van der Waals surface area (Å²) < 4.78 is 0. The van der Waals surface area contributed by atoms with Gasteiger partial charge in [0, 0.05) is 31.1 Å². The van der Waals surface area contributed by atoms with Gasteiger partial charge in [0.25, 0.3) is 0 Å². The largest absolute Gasteiger partial charge is 0.350 e. The summed E-state index contributed by atoms with van der Waals surface area (Å²) in [6, 6.07) is 5.68. The molecule has 23 heavy (non-hydrogen) atoms. The molecule has 5 nitrogen and oxygen atoms in total. The average Bonchev–Trinajstić information content (AvgIpc) is 2.61. The number of hydrogen-bond donors (Lipinski definition) is 1. The van der Waals surface area contributed by atoms with Crippen LogP contribution >= 0.6 is 0 Å². The second-order valence-corrected chi connectivity index (χ2v) is 6.10. The van der Waals surface area contributed by atoms with Crippen molar-refractivity contribution in [2.24, 2.45) is 11.8 Å². The number of amides is 2. The highest BCUT2D eigenvalue weighted by molar-refractivity contribution is 5.81. The summed E-state index contributed by atoms with van der Waals surface area (Å²) in [6.45, 7) is 6.02. The van der Waals surface area contributed by atoms with Crippen molar-refractivity contribution in [3.8, 4) is 0 Å². The maximum atomic E-state index is 12.4. The van der Waals surface area contributed by atoms with Crippen LogP contribution in [0.3, 0.4) is 0 Å². The Balaban J connectivity index is 1.77. The van der Waals surface area contributed by atoms with Gasteiger partial charge >= 0.3 is 0 Å². The van der Waals surface area contributed by atoms with Crippen molar-refractivity contribution < 1.29 is 9.59 Å². The zero-order valence-corrected chi connectivity index (χ0v) is 14.1. The number of nitrogens with one attached hydrogen (secondary N) is 1. The molecule has 0 unspecified atom stereocenters. The molecule has 0 spiro atoms. The number of carbonyl (C=O) groups excluding carboxylic acids is 2. The number of aromatic nitrogens is 1. The molecule has 0 aromatic carbocycles. The predicted molar refractivity (Wildman–Crippen MR) is 89.5 cm³/mol. The minimum Gasteiger partial charge on any atom is -0.350 e. The summed E-state index contributed by atoms with van der Waals surface area (Å²) in [5.74, 6) is 0.459. The smallest absolute Gasteiger partial charge is 0.225 e. The molecule has 1 aliphatic carbocycles. The lowest BCUT2D eigenvalue weighted by Crippen LogP contribution is -2.39. The first-order valence-corrected chi connectivity index (χ1v) is 8.62. The van der Waals surface area contributed by atoms with E-state index in [1.54, 1.807) is 6.20 Å². The van der Waals surface area contributed by atoms with Crippen LogP contribution < -0.4 is 5.32 Å². The van der Waals surface area contributed by atoms with Gasteiger partial charge in [-0.3, -0.25) is 14.6 Å². The quantitative estimate of drug-likeness (QED) is 0.876. The summed E-state index contributed by atoms with van der Waals surface area (Å²) in [5.41, 5.74) is 0.867. The van der Waals surface area contributed by atoms with Gasteiger partial charge in [-0.1, -0.05) is 6.07 Å². The molecule has 0 radical (unpaired) electrons. The molecular weight excluding hydrogens is 290 g/mol. The van der Waals surface area contributed by atoms with E-state index in [-0.39, 0.29) is 23.7 Å². The van der Waals surface area contributed by atoms with Crippen LogP contribution in [-0.2, 0) is 16.1 Å². The van der Waals surface area contributed by atoms with Crippen molar-refractivity contribution in [1.82, 2.24) is 15.2 Å². The van der Waals surface area contributed by atoms with E-state index in [9.17, 15) is 9.59 Å². The van der Waals surface area contributed by atoms with E-state index in [4.69, 9.17) is 0 Å². The maximum absolute atomic E-state index is 12.4. The van der Waals surface area contributed by atoms with Gasteiger partial charge < -0.3 is 10.2 Å². The van der Waals surface area contributed by atoms with Crippen molar-refractivity contribution in [2.75, 3.05) is 13.1 Å². The van der Waals surface area contributed by atoms with Crippen molar-refractivity contribution in [1.29, 1.82) is 0 Å². The summed E-state index contributed by atoms with van der Waals surface area (Å²) in [5, 5.41) is 2.96. The fourth-order valence-electron chi connectivity index (χ4n) is 3.22. The van der Waals surface area contributed by atoms with Crippen LogP contribution in [0.4, 0.5) is 0 Å². The first-order valence-electron chi connectivity index (χ1n) is 8.62. The fraction of sp³-hybridized carbons (Fsp3) is 0.611. The number of pyridine rings is 1. The van der Waals surface area contributed by atoms with Gasteiger partial charge in [0.2, 0.25) is 11.8 Å². The van der Waals surface area contributed by atoms with Gasteiger partial charge in [0.1, 0.15) is 0 Å². The molecule has 1 aromatic heterocycles. The molecule has 2 amide bonds. The zero-order chi connectivity index (χ0) is 16.7. The Labute approximate surface area is 138 Å². The van der Waals surface area contributed by atoms with Gasteiger partial charge in [-0.05, 0) is 51.7 Å². The summed E-state index contributed by atoms with van der Waals surface area (Å²) in [7, 11) is 0. The summed E-state index contributed by atoms with van der Waals surface area (Å²) in [6.07, 6.45) is 4.96. The molecule has 5 heteroatoms. The van der Waals surface area contributed by atoms with Gasteiger partial charge in [-0.25, -0.2) is 0 Å². The lowest BCUT2D eigenvalue weighted by Gasteiger charge is -2.30. The molecule has 0 saturated heterocycles. The van der Waals surface area contributed by atoms with Gasteiger partial charge in [-0.2, -0.15) is 0 Å². The van der Waals surface area contributed by atoms with Gasteiger partial charge in [0.15, 0.2) is 0 Å². The third kappa shape index (κ3) is 4.78. The Kier molecular flexibility index (Phi) is 6.56. The Hall–Kier alpha value is -1.91. The molecule has 126 valence electrons. The van der Waals surface area contributed by atoms with E-state index in [2.05, 4.69) is 10.3 Å². The Morgan fingerprint density at radius 1 is 1.13 bits per heavy atom. The number of nitrogens with zero attached hydrogens (tertiary/aromatic N) is 2. The standard InChI is InChI=1S/C18H27N3O2/c1-3-21(4-2)18(23)15-10-8-14(9-11-15)17(22)20-13-16-7-5-6-12-19-16/h5-7,12,14-15H,3-4,8-11,13H2,1-2H3,(H,20,22). The molecule has 1 aromatic rings. The van der Waals surface area contributed by atoms with Crippen molar-refractivity contribution in [2.45, 2.75) is 46.1 Å². The van der Waals surface area contributed by atoms with Crippen LogP contribution in [0.1, 0.15) is 45.2 Å². The third-order valence-corrected chi connectivity index (χ3v) is 4.69. The number of hydrogen-bond acceptors (Lipinski definition) is 3. The first kappa shape index (κ1) is 17.4. The zero-order valence-electron chi connectivity index (χ0n) is 14.1. The predicted octanol–water partition coefficient (Wildman–Crippen LogP) is 2.37. The fourth-order valence-corrected chi connectivity index (χ4v) is 3.22. The highest BCUT2D eigenvalue weighted by Crippen LogP contribution is 2.30. The van der Waals surface area contributed by atoms with E-state index < -0.39 is 0 Å². The molecule has 1 saturated carbocycles. The summed E-state index contributed by atoms with van der Waals surface area (Å²) in [4.78, 5) is 30.7. The van der Waals surface area contributed by atoms with Gasteiger partial charge in [0.05, 0.1) is 12.2 Å². The van der Waals surface area contributed by atoms with Crippen LogP contribution in [0.25, 0.3) is 0 Å². The maximum Gasteiger partial charge on any atom is 0.225 e. The second-order valence-electron chi connectivity index (χ2n) is 6.10. The van der Waals surface area contributed by atoms with Crippen molar-refractivity contribution in [3.05, 3.63) is 30.1 Å². The SMILES string of the molecule is CCN(CC)C(=O)C1CCC(C(=O)NCc2ccccn2)CC1. The van der Waals surface area contributed by atoms with Crippen LogP contribution in [0.15, 0.2) is 24.4 Å². The lowest BCUT2D eigenvalue weighted by atomic mass is 9.81. The highest BCUT2D eigenvalue weighted by Gasteiger charge is 2.31. The second kappa shape index (κ2) is 8.65. The Bertz CT molecular complexity index is 506. The van der Waals surface area contributed by atoms with Crippen LogP contribution in [0.5, 0.6) is 0 Å². The number of carbonyl (C=O) groups is 2. The normalized spacial score (nSPS) is 20.8. The monoisotopic (exact) mass is 317 g/mol. The van der Waals surface area contributed by atoms with Crippen molar-refractivity contribution in [3.63, 3.8) is 0 Å². The van der Waals surface area contributed by atoms with E-state index >= 15 is 0 Å². The van der Waals surface area contributed by atoms with E-state index in [1.807, 2.05) is 36.9 Å². The van der Waals surface area contributed by atoms with Crippen LogP contribution in [0.2, 0.25) is 0 Å². The van der Waals surface area contributed by atoms with Crippen molar-refractivity contribution >= 4 is 11.8 Å². The molecule has 1 heterocycles. The third-order valence-electron chi connectivity index (χ3n) is 4.69. The Morgan fingerprint density at radius 3 is 2.35 bits per heavy atom. The molecule has 0 bridgehead atoms. The Morgan fingerprint density at radius 2 is 1.78 bits per heavy atom. The first-order chi connectivity index (χ1) is 11.2. The summed E-state index contributed by atoms with van der Waals surface area (Å²) >= 11 is 0. The van der Waals surface area contributed by atoms with Crippen LogP contribution in [-0.4, -0.2) is 34.8 Å². The molecule has 0 atom stereocenters. The molecule has 1 fully saturated rings. The van der Waals surface area contributed by atoms with Crippen LogP contribution in [0, 0.1) is 11.8 Å². The van der Waals surface area contributed by atoms with E-state index in [0.717, 1.165) is 44.5 Å². The highest BCUT2D eigenvalue weighted by atomic mass is 16.2. The molecule has 1 N–H and O–H groups in total. The van der Waals surface area contributed by atoms with E-state index in [1.165, 1.54) is 0 Å². The van der Waals surface area contributed by atoms with Gasteiger partial charge in [-0.15, -0.1) is 0 Å². The molecule has 1 aliphatic rings. The molecular formula is C18H27N3O2. The molecule has 0 aliphatic heterocycles. The van der Waals surface area contributed by atoms with E-state index in [0.29, 0.717) is 6.54 Å². The molecule has 2 rings (SSSR count). The minimum absolute atomic E-state index is 0.0273.